The van der Waals surface area contributed by atoms with Crippen LogP contribution in [0, 0.1) is 0 Å². The highest BCUT2D eigenvalue weighted by molar-refractivity contribution is 5.89. The molecule has 0 bridgehead atoms. The topological polar surface area (TPSA) is 49.9 Å². The van der Waals surface area contributed by atoms with E-state index in [1.54, 1.807) is 11.8 Å². The van der Waals surface area contributed by atoms with Gasteiger partial charge in [0.05, 0.1) is 6.04 Å². The standard InChI is InChI=1S/C10H14N2O3/c1-6-9(14)12-5-8(13)11-4-2-3-7(11)10(12)15-6/h6-7,10H,2-5H2,1H3. The van der Waals surface area contributed by atoms with E-state index in [-0.39, 0.29) is 36.7 Å². The van der Waals surface area contributed by atoms with Gasteiger partial charge in [-0.05, 0) is 19.8 Å². The molecule has 0 N–H and O–H groups in total. The molecule has 5 heteroatoms. The summed E-state index contributed by atoms with van der Waals surface area (Å²) in [6, 6.07) is 0.0974. The quantitative estimate of drug-likeness (QED) is 0.545. The maximum absolute atomic E-state index is 11.7. The van der Waals surface area contributed by atoms with Crippen molar-refractivity contribution in [3.63, 3.8) is 0 Å². The summed E-state index contributed by atoms with van der Waals surface area (Å²) in [6.45, 7) is 2.77. The van der Waals surface area contributed by atoms with Crippen molar-refractivity contribution < 1.29 is 14.3 Å². The minimum Gasteiger partial charge on any atom is -0.343 e. The lowest BCUT2D eigenvalue weighted by Gasteiger charge is -2.39. The first kappa shape index (κ1) is 9.15. The first-order valence-electron chi connectivity index (χ1n) is 5.44. The summed E-state index contributed by atoms with van der Waals surface area (Å²) in [5, 5.41) is 0. The second-order valence-corrected chi connectivity index (χ2v) is 4.43. The number of hydrogen-bond donors (Lipinski definition) is 0. The number of carbonyl (C=O) groups excluding carboxylic acids is 2. The Morgan fingerprint density at radius 2 is 2.13 bits per heavy atom. The fourth-order valence-corrected chi connectivity index (χ4v) is 2.80. The van der Waals surface area contributed by atoms with Crippen molar-refractivity contribution in [1.29, 1.82) is 0 Å². The van der Waals surface area contributed by atoms with Gasteiger partial charge >= 0.3 is 0 Å². The molecule has 3 heterocycles. The number of carbonyl (C=O) groups is 2. The fraction of sp³-hybridized carbons (Fsp3) is 0.800. The molecule has 5 nitrogen and oxygen atoms in total. The highest BCUT2D eigenvalue weighted by Gasteiger charge is 2.51. The number of rotatable bonds is 0. The largest absolute Gasteiger partial charge is 0.343 e. The fourth-order valence-electron chi connectivity index (χ4n) is 2.80. The van der Waals surface area contributed by atoms with Crippen LogP contribution in [0.15, 0.2) is 0 Å². The maximum atomic E-state index is 11.7. The second kappa shape index (κ2) is 2.95. The van der Waals surface area contributed by atoms with Gasteiger partial charge in [-0.1, -0.05) is 0 Å². The molecule has 0 aliphatic carbocycles. The Morgan fingerprint density at radius 1 is 1.33 bits per heavy atom. The first-order chi connectivity index (χ1) is 7.18. The molecule has 3 atom stereocenters. The van der Waals surface area contributed by atoms with Gasteiger partial charge in [0.1, 0.15) is 12.6 Å². The van der Waals surface area contributed by atoms with Gasteiger partial charge in [-0.25, -0.2) is 0 Å². The Hall–Kier alpha value is -1.10. The SMILES string of the molecule is CC1OC2C3CCCN3C(=O)CN2C1=O. The van der Waals surface area contributed by atoms with Gasteiger partial charge in [0.25, 0.3) is 5.91 Å². The van der Waals surface area contributed by atoms with E-state index in [2.05, 4.69) is 0 Å². The second-order valence-electron chi connectivity index (χ2n) is 4.43. The molecule has 0 aromatic rings. The van der Waals surface area contributed by atoms with Gasteiger partial charge < -0.3 is 14.5 Å². The van der Waals surface area contributed by atoms with E-state index in [1.807, 2.05) is 4.90 Å². The lowest BCUT2D eigenvalue weighted by atomic mass is 10.1. The molecule has 2 amide bonds. The molecule has 0 saturated carbocycles. The molecule has 3 fully saturated rings. The zero-order valence-electron chi connectivity index (χ0n) is 8.68. The molecular weight excluding hydrogens is 196 g/mol. The van der Waals surface area contributed by atoms with Crippen LogP contribution in [-0.4, -0.2) is 53.1 Å². The van der Waals surface area contributed by atoms with Gasteiger partial charge in [0, 0.05) is 6.54 Å². The average molecular weight is 210 g/mol. The predicted molar refractivity (Wildman–Crippen MR) is 50.8 cm³/mol. The van der Waals surface area contributed by atoms with Gasteiger partial charge in [0.2, 0.25) is 5.91 Å². The molecule has 3 aliphatic heterocycles. The normalized spacial score (nSPS) is 39.7. The maximum Gasteiger partial charge on any atom is 0.254 e. The summed E-state index contributed by atoms with van der Waals surface area (Å²) in [4.78, 5) is 26.9. The van der Waals surface area contributed by atoms with Crippen molar-refractivity contribution in [1.82, 2.24) is 9.80 Å². The van der Waals surface area contributed by atoms with Gasteiger partial charge in [-0.2, -0.15) is 0 Å². The zero-order chi connectivity index (χ0) is 10.6. The number of piperazine rings is 1. The van der Waals surface area contributed by atoms with E-state index in [4.69, 9.17) is 4.74 Å². The van der Waals surface area contributed by atoms with Crippen LogP contribution in [0.2, 0.25) is 0 Å². The molecule has 0 aromatic heterocycles. The Labute approximate surface area is 88.0 Å². The number of nitrogens with zero attached hydrogens (tertiary/aromatic N) is 2. The van der Waals surface area contributed by atoms with E-state index in [0.717, 1.165) is 19.4 Å². The number of amides is 2. The summed E-state index contributed by atoms with van der Waals surface area (Å²) in [6.07, 6.45) is 1.40. The summed E-state index contributed by atoms with van der Waals surface area (Å²) in [7, 11) is 0. The smallest absolute Gasteiger partial charge is 0.254 e. The molecule has 3 unspecified atom stereocenters. The molecule has 0 aromatic carbocycles. The van der Waals surface area contributed by atoms with Gasteiger partial charge in [0.15, 0.2) is 6.23 Å². The van der Waals surface area contributed by atoms with Crippen LogP contribution >= 0.6 is 0 Å². The van der Waals surface area contributed by atoms with E-state index in [9.17, 15) is 9.59 Å². The Kier molecular flexibility index (Phi) is 1.80. The minimum absolute atomic E-state index is 0.0418. The van der Waals surface area contributed by atoms with Crippen LogP contribution in [0.5, 0.6) is 0 Å². The Morgan fingerprint density at radius 3 is 2.93 bits per heavy atom. The molecule has 0 spiro atoms. The van der Waals surface area contributed by atoms with E-state index in [1.165, 1.54) is 0 Å². The summed E-state index contributed by atoms with van der Waals surface area (Å²) >= 11 is 0. The van der Waals surface area contributed by atoms with Crippen molar-refractivity contribution in [2.75, 3.05) is 13.1 Å². The average Bonchev–Trinajstić information content (AvgIpc) is 2.77. The predicted octanol–water partition coefficient (Wildman–Crippen LogP) is -0.436. The van der Waals surface area contributed by atoms with Crippen molar-refractivity contribution in [2.45, 2.75) is 38.1 Å². The van der Waals surface area contributed by atoms with Crippen LogP contribution in [0.4, 0.5) is 0 Å². The number of fused-ring (bicyclic) bond motifs is 3. The van der Waals surface area contributed by atoms with Crippen molar-refractivity contribution in [3.8, 4) is 0 Å². The summed E-state index contributed by atoms with van der Waals surface area (Å²) in [5.74, 6) is 0.0275. The van der Waals surface area contributed by atoms with Gasteiger partial charge in [-0.3, -0.25) is 9.59 Å². The third kappa shape index (κ3) is 1.13. The lowest BCUT2D eigenvalue weighted by Crippen LogP contribution is -2.58. The van der Waals surface area contributed by atoms with Crippen LogP contribution in [-0.2, 0) is 14.3 Å². The van der Waals surface area contributed by atoms with Crippen molar-refractivity contribution in [2.24, 2.45) is 0 Å². The summed E-state index contributed by atoms with van der Waals surface area (Å²) < 4.78 is 5.62. The Bertz CT molecular complexity index is 331. The highest BCUT2D eigenvalue weighted by atomic mass is 16.5. The molecule has 3 saturated heterocycles. The van der Waals surface area contributed by atoms with E-state index < -0.39 is 0 Å². The third-order valence-electron chi connectivity index (χ3n) is 3.54. The van der Waals surface area contributed by atoms with E-state index in [0.29, 0.717) is 0 Å². The number of hydrogen-bond acceptors (Lipinski definition) is 3. The Balaban J connectivity index is 1.92. The molecule has 82 valence electrons. The third-order valence-corrected chi connectivity index (χ3v) is 3.54. The molecule has 3 aliphatic rings. The molecular formula is C10H14N2O3. The van der Waals surface area contributed by atoms with Crippen LogP contribution < -0.4 is 0 Å². The zero-order valence-corrected chi connectivity index (χ0v) is 8.68. The van der Waals surface area contributed by atoms with Crippen molar-refractivity contribution in [3.05, 3.63) is 0 Å². The van der Waals surface area contributed by atoms with Crippen LogP contribution in [0.3, 0.4) is 0 Å². The van der Waals surface area contributed by atoms with Crippen LogP contribution in [0.1, 0.15) is 19.8 Å². The molecule has 15 heavy (non-hydrogen) atoms. The highest BCUT2D eigenvalue weighted by Crippen LogP contribution is 2.32. The lowest BCUT2D eigenvalue weighted by molar-refractivity contribution is -0.153. The van der Waals surface area contributed by atoms with Crippen LogP contribution in [0.25, 0.3) is 0 Å². The van der Waals surface area contributed by atoms with E-state index >= 15 is 0 Å². The first-order valence-corrected chi connectivity index (χ1v) is 5.44. The minimum atomic E-state index is -0.386. The number of ether oxygens (including phenoxy) is 1. The molecule has 0 radical (unpaired) electrons. The monoisotopic (exact) mass is 210 g/mol. The molecule has 3 rings (SSSR count). The van der Waals surface area contributed by atoms with Crippen molar-refractivity contribution >= 4 is 11.8 Å². The summed E-state index contributed by atoms with van der Waals surface area (Å²) in [5.41, 5.74) is 0. The van der Waals surface area contributed by atoms with Gasteiger partial charge in [-0.15, -0.1) is 0 Å².